The summed E-state index contributed by atoms with van der Waals surface area (Å²) in [5.74, 6) is 0.954. The van der Waals surface area contributed by atoms with Crippen LogP contribution in [0.25, 0.3) is 11.1 Å². The fraction of sp³-hybridized carbons (Fsp3) is 0.474. The summed E-state index contributed by atoms with van der Waals surface area (Å²) in [6, 6.07) is 5.74. The number of hydrogen-bond acceptors (Lipinski definition) is 4. The summed E-state index contributed by atoms with van der Waals surface area (Å²) in [7, 11) is 0. The van der Waals surface area contributed by atoms with Gasteiger partial charge in [-0.2, -0.15) is 0 Å². The molecule has 24 heavy (non-hydrogen) atoms. The van der Waals surface area contributed by atoms with E-state index in [0.717, 1.165) is 48.4 Å². The maximum Gasteiger partial charge on any atom is 0.251 e. The highest BCUT2D eigenvalue weighted by Gasteiger charge is 2.31. The highest BCUT2D eigenvalue weighted by Crippen LogP contribution is 2.34. The van der Waals surface area contributed by atoms with E-state index in [4.69, 9.17) is 0 Å². The zero-order valence-corrected chi connectivity index (χ0v) is 14.1. The van der Waals surface area contributed by atoms with Crippen molar-refractivity contribution >= 4 is 0 Å². The van der Waals surface area contributed by atoms with E-state index in [-0.39, 0.29) is 5.56 Å². The third-order valence-electron chi connectivity index (χ3n) is 5.24. The quantitative estimate of drug-likeness (QED) is 0.884. The van der Waals surface area contributed by atoms with Gasteiger partial charge in [0.05, 0.1) is 5.60 Å². The Kier molecular flexibility index (Phi) is 3.58. The van der Waals surface area contributed by atoms with E-state index >= 15 is 0 Å². The van der Waals surface area contributed by atoms with E-state index < -0.39 is 5.60 Å². The molecule has 2 aromatic heterocycles. The lowest BCUT2D eigenvalue weighted by Crippen LogP contribution is -2.44. The van der Waals surface area contributed by atoms with Crippen LogP contribution in [-0.4, -0.2) is 27.7 Å². The molecule has 0 unspecified atom stereocenters. The van der Waals surface area contributed by atoms with Crippen LogP contribution in [0, 0.1) is 5.92 Å². The molecule has 2 aliphatic rings. The molecular formula is C19H23N3O2. The summed E-state index contributed by atoms with van der Waals surface area (Å²) < 4.78 is 1.94. The van der Waals surface area contributed by atoms with Crippen molar-refractivity contribution in [2.75, 3.05) is 13.1 Å². The predicted octanol–water partition coefficient (Wildman–Crippen LogP) is 1.84. The molecule has 5 heteroatoms. The van der Waals surface area contributed by atoms with Gasteiger partial charge in [-0.3, -0.25) is 9.78 Å². The van der Waals surface area contributed by atoms with Gasteiger partial charge in [0.15, 0.2) is 0 Å². The van der Waals surface area contributed by atoms with E-state index in [0.29, 0.717) is 11.8 Å². The molecule has 0 saturated carbocycles. The second-order valence-corrected chi connectivity index (χ2v) is 7.60. The zero-order chi connectivity index (χ0) is 16.9. The summed E-state index contributed by atoms with van der Waals surface area (Å²) in [5.41, 5.74) is 2.74. The maximum absolute atomic E-state index is 12.6. The van der Waals surface area contributed by atoms with Crippen LogP contribution in [0.5, 0.6) is 0 Å². The first-order valence-electron chi connectivity index (χ1n) is 8.55. The van der Waals surface area contributed by atoms with Crippen molar-refractivity contribution in [3.05, 3.63) is 52.2 Å². The number of aliphatic hydroxyl groups is 1. The molecule has 0 radical (unpaired) electrons. The molecule has 1 fully saturated rings. The van der Waals surface area contributed by atoms with E-state index in [1.54, 1.807) is 32.3 Å². The van der Waals surface area contributed by atoms with E-state index in [2.05, 4.69) is 16.4 Å². The summed E-state index contributed by atoms with van der Waals surface area (Å²) in [6.45, 7) is 6.22. The third-order valence-corrected chi connectivity index (χ3v) is 5.24. The lowest BCUT2D eigenvalue weighted by atomic mass is 9.83. The number of fused-ring (bicyclic) bond motifs is 4. The van der Waals surface area contributed by atoms with Crippen LogP contribution in [-0.2, 0) is 12.1 Å². The summed E-state index contributed by atoms with van der Waals surface area (Å²) in [6.07, 6.45) is 4.58. The molecule has 4 rings (SSSR count). The first-order valence-corrected chi connectivity index (χ1v) is 8.55. The van der Waals surface area contributed by atoms with Crippen molar-refractivity contribution in [1.82, 2.24) is 14.9 Å². The molecule has 2 bridgehead atoms. The Hall–Kier alpha value is -1.98. The molecule has 2 aliphatic heterocycles. The molecular weight excluding hydrogens is 302 g/mol. The van der Waals surface area contributed by atoms with Gasteiger partial charge in [-0.25, -0.2) is 0 Å². The van der Waals surface area contributed by atoms with Crippen molar-refractivity contribution in [2.24, 2.45) is 5.92 Å². The average Bonchev–Trinajstić information content (AvgIpc) is 2.55. The van der Waals surface area contributed by atoms with Gasteiger partial charge in [0.1, 0.15) is 0 Å². The monoisotopic (exact) mass is 325 g/mol. The Labute approximate surface area is 141 Å². The topological polar surface area (TPSA) is 67.2 Å². The maximum atomic E-state index is 12.6. The van der Waals surface area contributed by atoms with Crippen molar-refractivity contribution in [3.8, 4) is 11.1 Å². The molecule has 0 aromatic carbocycles. The molecule has 1 saturated heterocycles. The normalized spacial score (nSPS) is 23.0. The van der Waals surface area contributed by atoms with Gasteiger partial charge in [0, 0.05) is 54.3 Å². The highest BCUT2D eigenvalue weighted by molar-refractivity contribution is 5.63. The van der Waals surface area contributed by atoms with Crippen LogP contribution in [0.4, 0.5) is 0 Å². The van der Waals surface area contributed by atoms with E-state index in [1.165, 1.54) is 0 Å². The van der Waals surface area contributed by atoms with Gasteiger partial charge < -0.3 is 15.0 Å². The smallest absolute Gasteiger partial charge is 0.251 e. The molecule has 126 valence electrons. The standard InChI is InChI=1S/C19H23N3O2/c1-19(2,24)16-4-14(8-21-10-16)13-5-17-15-3-12(7-20-9-15)11-22(17)18(23)6-13/h4-6,8,10,12,15,20,24H,3,7,9,11H2,1-2H3/t12-,15+/m0/s1. The molecule has 0 aliphatic carbocycles. The minimum Gasteiger partial charge on any atom is -0.386 e. The lowest BCUT2D eigenvalue weighted by molar-refractivity contribution is 0.0783. The third kappa shape index (κ3) is 2.68. The average molecular weight is 325 g/mol. The molecule has 4 heterocycles. The highest BCUT2D eigenvalue weighted by atomic mass is 16.3. The first-order chi connectivity index (χ1) is 11.4. The summed E-state index contributed by atoms with van der Waals surface area (Å²) in [4.78, 5) is 16.9. The van der Waals surface area contributed by atoms with Crippen LogP contribution in [0.2, 0.25) is 0 Å². The minimum atomic E-state index is -0.952. The summed E-state index contributed by atoms with van der Waals surface area (Å²) in [5, 5.41) is 13.7. The Balaban J connectivity index is 1.81. The molecule has 5 nitrogen and oxygen atoms in total. The predicted molar refractivity (Wildman–Crippen MR) is 92.9 cm³/mol. The van der Waals surface area contributed by atoms with Gasteiger partial charge in [0.2, 0.25) is 0 Å². The first kappa shape index (κ1) is 15.5. The summed E-state index contributed by atoms with van der Waals surface area (Å²) >= 11 is 0. The Morgan fingerprint density at radius 3 is 2.83 bits per heavy atom. The van der Waals surface area contributed by atoms with Crippen LogP contribution in [0.3, 0.4) is 0 Å². The van der Waals surface area contributed by atoms with Crippen LogP contribution < -0.4 is 10.9 Å². The van der Waals surface area contributed by atoms with Crippen molar-refractivity contribution in [1.29, 1.82) is 0 Å². The van der Waals surface area contributed by atoms with Gasteiger partial charge in [-0.1, -0.05) is 0 Å². The van der Waals surface area contributed by atoms with Gasteiger partial charge >= 0.3 is 0 Å². The zero-order valence-electron chi connectivity index (χ0n) is 14.1. The second-order valence-electron chi connectivity index (χ2n) is 7.60. The van der Waals surface area contributed by atoms with Gasteiger partial charge in [0.25, 0.3) is 5.56 Å². The van der Waals surface area contributed by atoms with Gasteiger partial charge in [-0.15, -0.1) is 0 Å². The lowest BCUT2D eigenvalue weighted by Gasteiger charge is -2.37. The Bertz CT molecular complexity index is 835. The number of aromatic nitrogens is 2. The minimum absolute atomic E-state index is 0.0627. The SMILES string of the molecule is CC(C)(O)c1cncc(-c2cc3n(c(=O)c2)C[C@@H]2CNC[C@H]3C2)c1. The molecule has 2 N–H and O–H groups in total. The fourth-order valence-electron chi connectivity index (χ4n) is 3.90. The van der Waals surface area contributed by atoms with Crippen molar-refractivity contribution < 1.29 is 5.11 Å². The Morgan fingerprint density at radius 1 is 1.21 bits per heavy atom. The fourth-order valence-corrected chi connectivity index (χ4v) is 3.90. The largest absolute Gasteiger partial charge is 0.386 e. The number of piperidine rings is 1. The van der Waals surface area contributed by atoms with Crippen molar-refractivity contribution in [3.63, 3.8) is 0 Å². The Morgan fingerprint density at radius 2 is 2.04 bits per heavy atom. The van der Waals surface area contributed by atoms with Crippen molar-refractivity contribution in [2.45, 2.75) is 38.3 Å². The van der Waals surface area contributed by atoms with Gasteiger partial charge in [-0.05, 0) is 50.4 Å². The van der Waals surface area contributed by atoms with Crippen LogP contribution in [0.15, 0.2) is 35.4 Å². The number of rotatable bonds is 2. The molecule has 2 aromatic rings. The molecule has 2 atom stereocenters. The number of nitrogens with zero attached hydrogens (tertiary/aromatic N) is 2. The number of nitrogens with one attached hydrogen (secondary N) is 1. The molecule has 0 spiro atoms. The number of pyridine rings is 2. The van der Waals surface area contributed by atoms with E-state index in [9.17, 15) is 9.90 Å². The van der Waals surface area contributed by atoms with Crippen LogP contribution in [0.1, 0.15) is 37.4 Å². The second kappa shape index (κ2) is 5.53. The number of hydrogen-bond donors (Lipinski definition) is 2. The molecule has 0 amide bonds. The van der Waals surface area contributed by atoms with Crippen LogP contribution >= 0.6 is 0 Å². The van der Waals surface area contributed by atoms with E-state index in [1.807, 2.05) is 10.6 Å².